The Morgan fingerprint density at radius 3 is 1.47 bits per heavy atom. The van der Waals surface area contributed by atoms with Crippen LogP contribution in [0.5, 0.6) is 0 Å². The number of ketones is 1. The van der Waals surface area contributed by atoms with E-state index in [-0.39, 0.29) is 30.3 Å². The maximum absolute atomic E-state index is 13.8. The molecule has 2 atom stereocenters. The fraction of sp³-hybridized carbons (Fsp3) is 0.190. The van der Waals surface area contributed by atoms with Crippen molar-refractivity contribution in [3.8, 4) is 0 Å². The molecular weight excluding hydrogens is 390 g/mol. The van der Waals surface area contributed by atoms with Gasteiger partial charge in [0.1, 0.15) is 41.7 Å². The van der Waals surface area contributed by atoms with E-state index in [2.05, 4.69) is 30.4 Å². The number of carbonyl (C=O) groups is 1. The van der Waals surface area contributed by atoms with Crippen LogP contribution in [0.2, 0.25) is 0 Å². The Kier molecular flexibility index (Phi) is 5.69. The second-order valence-electron chi connectivity index (χ2n) is 6.88. The molecule has 2 aromatic carbocycles. The van der Waals surface area contributed by atoms with Crippen LogP contribution in [0.25, 0.3) is 0 Å². The molecule has 152 valence electrons. The Morgan fingerprint density at radius 1 is 0.733 bits per heavy atom. The van der Waals surface area contributed by atoms with Gasteiger partial charge >= 0.3 is 0 Å². The van der Waals surface area contributed by atoms with Gasteiger partial charge in [0.05, 0.1) is 11.8 Å². The molecule has 0 spiro atoms. The Morgan fingerprint density at radius 2 is 1.13 bits per heavy atom. The lowest BCUT2D eigenvalue weighted by Gasteiger charge is -2.22. The van der Waals surface area contributed by atoms with Gasteiger partial charge in [-0.05, 0) is 35.4 Å². The van der Waals surface area contributed by atoms with E-state index < -0.39 is 11.8 Å². The van der Waals surface area contributed by atoms with Crippen LogP contribution in [0.1, 0.15) is 34.6 Å². The summed E-state index contributed by atoms with van der Waals surface area (Å²) in [6, 6.07) is 11.6. The molecule has 0 aliphatic heterocycles. The average Bonchev–Trinajstić information content (AvgIpc) is 3.46. The van der Waals surface area contributed by atoms with Gasteiger partial charge in [-0.2, -0.15) is 10.2 Å². The van der Waals surface area contributed by atoms with Crippen molar-refractivity contribution < 1.29 is 13.6 Å². The van der Waals surface area contributed by atoms with Gasteiger partial charge in [-0.1, -0.05) is 24.3 Å². The minimum absolute atomic E-state index is 0.124. The van der Waals surface area contributed by atoms with Crippen molar-refractivity contribution in [2.24, 2.45) is 0 Å². The number of nitrogens with one attached hydrogen (secondary N) is 2. The maximum Gasteiger partial charge on any atom is 0.148 e. The highest BCUT2D eigenvalue weighted by Gasteiger charge is 2.31. The number of halogens is 2. The number of benzene rings is 2. The van der Waals surface area contributed by atoms with Gasteiger partial charge in [0, 0.05) is 12.8 Å². The topological polar surface area (TPSA) is 100 Å². The molecule has 0 amide bonds. The first-order valence-corrected chi connectivity index (χ1v) is 9.33. The Bertz CT molecular complexity index is 992. The number of rotatable bonds is 8. The van der Waals surface area contributed by atoms with Crippen molar-refractivity contribution >= 4 is 5.78 Å². The van der Waals surface area contributed by atoms with Crippen LogP contribution in [0, 0.1) is 11.6 Å². The van der Waals surface area contributed by atoms with Crippen molar-refractivity contribution in [3.63, 3.8) is 0 Å². The fourth-order valence-electron chi connectivity index (χ4n) is 3.44. The normalized spacial score (nSPS) is 13.1. The molecule has 2 heterocycles. The summed E-state index contributed by atoms with van der Waals surface area (Å²) >= 11 is 0. The predicted molar refractivity (Wildman–Crippen MR) is 103 cm³/mol. The molecule has 0 radical (unpaired) electrons. The van der Waals surface area contributed by atoms with E-state index in [4.69, 9.17) is 0 Å². The summed E-state index contributed by atoms with van der Waals surface area (Å²) in [6.45, 7) is 0. The van der Waals surface area contributed by atoms with E-state index >= 15 is 0 Å². The molecule has 0 saturated carbocycles. The van der Waals surface area contributed by atoms with Gasteiger partial charge in [0.25, 0.3) is 0 Å². The maximum atomic E-state index is 13.8. The molecule has 7 nitrogen and oxygen atoms in total. The fourth-order valence-corrected chi connectivity index (χ4v) is 3.44. The number of hydrogen-bond acceptors (Lipinski definition) is 5. The lowest BCUT2D eigenvalue weighted by Crippen LogP contribution is -2.25. The molecule has 2 aromatic heterocycles. The SMILES string of the molecule is O=C(C(Cc1ncn[nH]1)c1ccc(F)cc1)C(Cc1ncn[nH]1)c1ccc(F)cc1. The minimum Gasteiger partial charge on any atom is -0.298 e. The lowest BCUT2D eigenvalue weighted by atomic mass is 9.80. The third kappa shape index (κ3) is 4.45. The van der Waals surface area contributed by atoms with Gasteiger partial charge in [0.15, 0.2) is 0 Å². The molecule has 9 heteroatoms. The molecule has 0 saturated heterocycles. The van der Waals surface area contributed by atoms with Crippen molar-refractivity contribution in [2.75, 3.05) is 0 Å². The highest BCUT2D eigenvalue weighted by Crippen LogP contribution is 2.31. The Labute approximate surface area is 170 Å². The zero-order valence-corrected chi connectivity index (χ0v) is 15.8. The summed E-state index contributed by atoms with van der Waals surface area (Å²) < 4.78 is 26.9. The standard InChI is InChI=1S/C21H18F2N6O/c22-15-5-1-13(2-6-15)17(9-19-24-11-26-28-19)21(30)18(10-20-25-12-27-29-20)14-3-7-16(23)8-4-14/h1-8,11-12,17-18H,9-10H2,(H,24,26,28)(H,25,27,29). The molecule has 0 aliphatic carbocycles. The van der Waals surface area contributed by atoms with Gasteiger partial charge in [-0.25, -0.2) is 18.7 Å². The Hall–Kier alpha value is -3.75. The van der Waals surface area contributed by atoms with Gasteiger partial charge < -0.3 is 0 Å². The van der Waals surface area contributed by atoms with E-state index in [1.54, 1.807) is 24.3 Å². The van der Waals surface area contributed by atoms with E-state index in [0.717, 1.165) is 0 Å². The van der Waals surface area contributed by atoms with Crippen molar-refractivity contribution in [1.82, 2.24) is 30.4 Å². The summed E-state index contributed by atoms with van der Waals surface area (Å²) in [6.07, 6.45) is 3.26. The van der Waals surface area contributed by atoms with Gasteiger partial charge in [-0.15, -0.1) is 0 Å². The van der Waals surface area contributed by atoms with Gasteiger partial charge in [-0.3, -0.25) is 15.0 Å². The van der Waals surface area contributed by atoms with Gasteiger partial charge in [0.2, 0.25) is 0 Å². The zero-order valence-electron chi connectivity index (χ0n) is 15.8. The number of carbonyl (C=O) groups excluding carboxylic acids is 1. The number of hydrogen-bond donors (Lipinski definition) is 2. The quantitative estimate of drug-likeness (QED) is 0.467. The minimum atomic E-state index is -0.614. The van der Waals surface area contributed by atoms with Crippen LogP contribution in [0.15, 0.2) is 61.2 Å². The molecule has 2 N–H and O–H groups in total. The summed E-state index contributed by atoms with van der Waals surface area (Å²) in [7, 11) is 0. The molecule has 4 aromatic rings. The van der Waals surface area contributed by atoms with Crippen LogP contribution in [0.4, 0.5) is 8.78 Å². The first-order chi connectivity index (χ1) is 14.6. The second-order valence-corrected chi connectivity index (χ2v) is 6.88. The van der Waals surface area contributed by atoms with E-state index in [9.17, 15) is 13.6 Å². The lowest BCUT2D eigenvalue weighted by molar-refractivity contribution is -0.122. The van der Waals surface area contributed by atoms with E-state index in [1.165, 1.54) is 36.9 Å². The zero-order chi connectivity index (χ0) is 20.9. The van der Waals surface area contributed by atoms with E-state index in [0.29, 0.717) is 22.8 Å². The molecule has 0 aliphatic rings. The number of aromatic nitrogens is 6. The summed E-state index contributed by atoms with van der Waals surface area (Å²) in [5, 5.41) is 13.2. The summed E-state index contributed by atoms with van der Waals surface area (Å²) in [4.78, 5) is 22.0. The Balaban J connectivity index is 1.72. The number of H-pyrrole nitrogens is 2. The smallest absolute Gasteiger partial charge is 0.148 e. The van der Waals surface area contributed by atoms with Crippen molar-refractivity contribution in [3.05, 3.63) is 95.6 Å². The highest BCUT2D eigenvalue weighted by molar-refractivity contribution is 5.92. The molecule has 30 heavy (non-hydrogen) atoms. The predicted octanol–water partition coefficient (Wildman–Crippen LogP) is 3.12. The van der Waals surface area contributed by atoms with E-state index in [1.807, 2.05) is 0 Å². The number of aromatic amines is 2. The third-order valence-electron chi connectivity index (χ3n) is 4.96. The van der Waals surface area contributed by atoms with Crippen LogP contribution >= 0.6 is 0 Å². The number of nitrogens with zero attached hydrogens (tertiary/aromatic N) is 4. The van der Waals surface area contributed by atoms with Crippen molar-refractivity contribution in [2.45, 2.75) is 24.7 Å². The molecular formula is C21H18F2N6O. The highest BCUT2D eigenvalue weighted by atomic mass is 19.1. The van der Waals surface area contributed by atoms with Crippen LogP contribution in [-0.2, 0) is 17.6 Å². The second kappa shape index (κ2) is 8.73. The van der Waals surface area contributed by atoms with Crippen LogP contribution < -0.4 is 0 Å². The summed E-state index contributed by atoms with van der Waals surface area (Å²) in [5.74, 6) is -1.05. The van der Waals surface area contributed by atoms with Crippen LogP contribution in [-0.4, -0.2) is 36.1 Å². The molecule has 2 unspecified atom stereocenters. The largest absolute Gasteiger partial charge is 0.298 e. The first-order valence-electron chi connectivity index (χ1n) is 9.33. The number of Topliss-reactive ketones (excluding diaryl/α,β-unsaturated/α-hetero) is 1. The third-order valence-corrected chi connectivity index (χ3v) is 4.96. The van der Waals surface area contributed by atoms with Crippen LogP contribution in [0.3, 0.4) is 0 Å². The molecule has 0 fully saturated rings. The molecule has 0 bridgehead atoms. The average molecular weight is 408 g/mol. The molecule has 4 rings (SSSR count). The monoisotopic (exact) mass is 408 g/mol. The van der Waals surface area contributed by atoms with Crippen molar-refractivity contribution in [1.29, 1.82) is 0 Å². The summed E-state index contributed by atoms with van der Waals surface area (Å²) in [5.41, 5.74) is 1.31. The first kappa shape index (κ1) is 19.6.